The molecule has 0 aliphatic carbocycles. The van der Waals surface area contributed by atoms with E-state index in [1.807, 2.05) is 0 Å². The average molecular weight is 433 g/mol. The highest BCUT2D eigenvalue weighted by Gasteiger charge is 2.29. The number of piperidine rings is 1. The summed E-state index contributed by atoms with van der Waals surface area (Å²) >= 11 is 3.28. The molecule has 1 aromatic heterocycles. The number of aromatic nitrogens is 1. The third kappa shape index (κ3) is 5.75. The van der Waals surface area contributed by atoms with Crippen LogP contribution in [0.3, 0.4) is 0 Å². The SMILES string of the molecule is CN(CC(=O)N1CCCC(C(=O)Nc2ccc(Br)cn2)C1)S(C)(=O)=O. The number of nitrogens with zero attached hydrogens (tertiary/aromatic N) is 3. The molecule has 0 spiro atoms. The van der Waals surface area contributed by atoms with Gasteiger partial charge in [0.15, 0.2) is 0 Å². The molecule has 2 amide bonds. The summed E-state index contributed by atoms with van der Waals surface area (Å²) in [5.74, 6) is -0.379. The molecule has 2 heterocycles. The second kappa shape index (κ2) is 8.24. The Labute approximate surface area is 155 Å². The van der Waals surface area contributed by atoms with Crippen LogP contribution in [0.1, 0.15) is 12.8 Å². The largest absolute Gasteiger partial charge is 0.341 e. The van der Waals surface area contributed by atoms with Gasteiger partial charge >= 0.3 is 0 Å². The molecular weight excluding hydrogens is 412 g/mol. The van der Waals surface area contributed by atoms with Crippen LogP contribution in [0.25, 0.3) is 0 Å². The number of sulfonamides is 1. The Morgan fingerprint density at radius 3 is 2.76 bits per heavy atom. The molecule has 0 aromatic carbocycles. The number of likely N-dealkylation sites (tertiary alicyclic amines) is 1. The van der Waals surface area contributed by atoms with Gasteiger partial charge in [-0.2, -0.15) is 4.31 Å². The van der Waals surface area contributed by atoms with Crippen molar-refractivity contribution in [1.29, 1.82) is 0 Å². The topological polar surface area (TPSA) is 99.7 Å². The Kier molecular flexibility index (Phi) is 6.53. The van der Waals surface area contributed by atoms with Gasteiger partial charge in [-0.15, -0.1) is 0 Å². The van der Waals surface area contributed by atoms with E-state index in [2.05, 4.69) is 26.2 Å². The Morgan fingerprint density at radius 1 is 1.44 bits per heavy atom. The van der Waals surface area contributed by atoms with Gasteiger partial charge in [-0.25, -0.2) is 13.4 Å². The molecule has 1 unspecified atom stereocenters. The summed E-state index contributed by atoms with van der Waals surface area (Å²) in [4.78, 5) is 30.3. The number of hydrogen-bond donors (Lipinski definition) is 1. The van der Waals surface area contributed by atoms with E-state index in [0.717, 1.165) is 15.0 Å². The van der Waals surface area contributed by atoms with Crippen LogP contribution in [-0.2, 0) is 19.6 Å². The first kappa shape index (κ1) is 19.8. The van der Waals surface area contributed by atoms with Gasteiger partial charge in [0.25, 0.3) is 0 Å². The van der Waals surface area contributed by atoms with Crippen LogP contribution >= 0.6 is 15.9 Å². The third-order valence-corrected chi connectivity index (χ3v) is 5.78. The van der Waals surface area contributed by atoms with Crippen molar-refractivity contribution in [3.8, 4) is 0 Å². The molecule has 1 aliphatic rings. The highest BCUT2D eigenvalue weighted by molar-refractivity contribution is 9.10. The zero-order valence-electron chi connectivity index (χ0n) is 14.1. The van der Waals surface area contributed by atoms with Gasteiger partial charge < -0.3 is 10.2 Å². The van der Waals surface area contributed by atoms with E-state index in [1.54, 1.807) is 23.2 Å². The van der Waals surface area contributed by atoms with Crippen molar-refractivity contribution < 1.29 is 18.0 Å². The predicted molar refractivity (Wildman–Crippen MR) is 97.3 cm³/mol. The first-order valence-corrected chi connectivity index (χ1v) is 10.4. The van der Waals surface area contributed by atoms with Crippen LogP contribution in [0.5, 0.6) is 0 Å². The van der Waals surface area contributed by atoms with E-state index in [0.29, 0.717) is 25.2 Å². The van der Waals surface area contributed by atoms with Crippen LogP contribution < -0.4 is 5.32 Å². The number of nitrogens with one attached hydrogen (secondary N) is 1. The summed E-state index contributed by atoms with van der Waals surface area (Å²) < 4.78 is 24.7. The zero-order valence-corrected chi connectivity index (χ0v) is 16.5. The van der Waals surface area contributed by atoms with E-state index in [4.69, 9.17) is 0 Å². The van der Waals surface area contributed by atoms with E-state index in [-0.39, 0.29) is 30.8 Å². The number of halogens is 1. The lowest BCUT2D eigenvalue weighted by Gasteiger charge is -2.32. The average Bonchev–Trinajstić information content (AvgIpc) is 2.56. The maximum absolute atomic E-state index is 12.4. The van der Waals surface area contributed by atoms with Crippen molar-refractivity contribution in [1.82, 2.24) is 14.2 Å². The Balaban J connectivity index is 1.94. The lowest BCUT2D eigenvalue weighted by Crippen LogP contribution is -2.47. The Morgan fingerprint density at radius 2 is 2.16 bits per heavy atom. The van der Waals surface area contributed by atoms with Gasteiger partial charge in [0.2, 0.25) is 21.8 Å². The predicted octanol–water partition coefficient (Wildman–Crippen LogP) is 0.913. The quantitative estimate of drug-likeness (QED) is 0.745. The molecule has 0 bridgehead atoms. The van der Waals surface area contributed by atoms with Crippen LogP contribution in [0.4, 0.5) is 5.82 Å². The molecule has 0 radical (unpaired) electrons. The number of likely N-dealkylation sites (N-methyl/N-ethyl adjacent to an activating group) is 1. The van der Waals surface area contributed by atoms with E-state index >= 15 is 0 Å². The number of pyridine rings is 1. The molecule has 138 valence electrons. The van der Waals surface area contributed by atoms with Gasteiger partial charge in [-0.3, -0.25) is 9.59 Å². The van der Waals surface area contributed by atoms with Crippen LogP contribution in [0, 0.1) is 5.92 Å². The van der Waals surface area contributed by atoms with Crippen molar-refractivity contribution in [3.63, 3.8) is 0 Å². The highest BCUT2D eigenvalue weighted by atomic mass is 79.9. The van der Waals surface area contributed by atoms with Gasteiger partial charge in [0, 0.05) is 30.8 Å². The molecular formula is C15H21BrN4O4S. The summed E-state index contributed by atoms with van der Waals surface area (Å²) in [6, 6.07) is 3.47. The molecule has 8 nitrogen and oxygen atoms in total. The first-order valence-electron chi connectivity index (χ1n) is 7.78. The minimum Gasteiger partial charge on any atom is -0.341 e. The minimum atomic E-state index is -3.42. The molecule has 1 saturated heterocycles. The number of rotatable bonds is 5. The van der Waals surface area contributed by atoms with Crippen LogP contribution in [0.15, 0.2) is 22.8 Å². The molecule has 1 atom stereocenters. The molecule has 25 heavy (non-hydrogen) atoms. The standard InChI is InChI=1S/C15H21BrN4O4S/c1-19(25(2,23)24)10-14(21)20-7-3-4-11(9-20)15(22)18-13-6-5-12(16)8-17-13/h5-6,8,11H,3-4,7,9-10H2,1-2H3,(H,17,18,22). The van der Waals surface area contributed by atoms with Crippen molar-refractivity contribution in [2.24, 2.45) is 5.92 Å². The fraction of sp³-hybridized carbons (Fsp3) is 0.533. The normalized spacial score (nSPS) is 18.2. The first-order chi connectivity index (χ1) is 11.7. The molecule has 1 aromatic rings. The molecule has 1 N–H and O–H groups in total. The lowest BCUT2D eigenvalue weighted by atomic mass is 9.97. The minimum absolute atomic E-state index is 0.191. The molecule has 0 saturated carbocycles. The number of amides is 2. The smallest absolute Gasteiger partial charge is 0.237 e. The Bertz CT molecular complexity index is 738. The highest BCUT2D eigenvalue weighted by Crippen LogP contribution is 2.19. The summed E-state index contributed by atoms with van der Waals surface area (Å²) in [6.45, 7) is 0.580. The van der Waals surface area contributed by atoms with Crippen molar-refractivity contribution >= 4 is 43.6 Å². The Hall–Kier alpha value is -1.52. The van der Waals surface area contributed by atoms with Gasteiger partial charge in [-0.05, 0) is 40.9 Å². The van der Waals surface area contributed by atoms with E-state index in [1.165, 1.54) is 7.05 Å². The van der Waals surface area contributed by atoms with Crippen molar-refractivity contribution in [2.45, 2.75) is 12.8 Å². The maximum Gasteiger partial charge on any atom is 0.237 e. The monoisotopic (exact) mass is 432 g/mol. The van der Waals surface area contributed by atoms with Gasteiger partial charge in [-0.1, -0.05) is 0 Å². The van der Waals surface area contributed by atoms with E-state index in [9.17, 15) is 18.0 Å². The van der Waals surface area contributed by atoms with Crippen molar-refractivity contribution in [2.75, 3.05) is 38.3 Å². The summed E-state index contributed by atoms with van der Waals surface area (Å²) in [5, 5.41) is 2.75. The van der Waals surface area contributed by atoms with Gasteiger partial charge in [0.05, 0.1) is 18.7 Å². The fourth-order valence-corrected chi connectivity index (χ4v) is 3.08. The molecule has 2 rings (SSSR count). The second-order valence-corrected chi connectivity index (χ2v) is 9.05. The third-order valence-electron chi connectivity index (χ3n) is 4.05. The summed E-state index contributed by atoms with van der Waals surface area (Å²) in [7, 11) is -2.05. The number of hydrogen-bond acceptors (Lipinski definition) is 5. The van der Waals surface area contributed by atoms with Crippen LogP contribution in [0.2, 0.25) is 0 Å². The lowest BCUT2D eigenvalue weighted by molar-refractivity contribution is -0.134. The molecule has 10 heteroatoms. The number of anilines is 1. The van der Waals surface area contributed by atoms with Gasteiger partial charge in [0.1, 0.15) is 5.82 Å². The zero-order chi connectivity index (χ0) is 18.6. The summed E-state index contributed by atoms with van der Waals surface area (Å²) in [5.41, 5.74) is 0. The van der Waals surface area contributed by atoms with E-state index < -0.39 is 10.0 Å². The van der Waals surface area contributed by atoms with Crippen LogP contribution in [-0.4, -0.2) is 67.4 Å². The second-order valence-electron chi connectivity index (χ2n) is 6.05. The number of carbonyl (C=O) groups excluding carboxylic acids is 2. The number of carbonyl (C=O) groups is 2. The molecule has 1 fully saturated rings. The fourth-order valence-electron chi connectivity index (χ4n) is 2.50. The maximum atomic E-state index is 12.4. The molecule has 1 aliphatic heterocycles. The summed E-state index contributed by atoms with van der Waals surface area (Å²) in [6.07, 6.45) is 4.01. The van der Waals surface area contributed by atoms with Crippen molar-refractivity contribution in [3.05, 3.63) is 22.8 Å².